The van der Waals surface area contributed by atoms with Gasteiger partial charge in [-0.15, -0.1) is 0 Å². The second-order valence-corrected chi connectivity index (χ2v) is 4.59. The fourth-order valence-electron chi connectivity index (χ4n) is 1.63. The molecule has 102 valence electrons. The third-order valence-corrected chi connectivity index (χ3v) is 3.06. The summed E-state index contributed by atoms with van der Waals surface area (Å²) in [4.78, 5) is 6.47. The van der Waals surface area contributed by atoms with E-state index in [0.717, 1.165) is 44.0 Å². The normalized spacial score (nSPS) is 10.7. The minimum absolute atomic E-state index is 0.713. The zero-order valence-corrected chi connectivity index (χ0v) is 12.1. The minimum atomic E-state index is 0.713. The number of aromatic nitrogens is 1. The number of pyridine rings is 1. The van der Waals surface area contributed by atoms with Gasteiger partial charge in [-0.05, 0) is 24.6 Å². The number of anilines is 1. The molecule has 18 heavy (non-hydrogen) atoms. The molecule has 4 nitrogen and oxygen atoms in total. The zero-order valence-electron chi connectivity index (χ0n) is 11.4. The van der Waals surface area contributed by atoms with Crippen molar-refractivity contribution in [1.29, 1.82) is 0 Å². The Morgan fingerprint density at radius 1 is 1.50 bits per heavy atom. The summed E-state index contributed by atoms with van der Waals surface area (Å²) in [7, 11) is 3.75. The number of hydrogen-bond donors (Lipinski definition) is 1. The van der Waals surface area contributed by atoms with E-state index in [1.165, 1.54) is 0 Å². The molecule has 0 aliphatic carbocycles. The first-order valence-corrected chi connectivity index (χ1v) is 6.62. The fraction of sp³-hybridized carbons (Fsp3) is 0.615. The van der Waals surface area contributed by atoms with Crippen LogP contribution < -0.4 is 10.2 Å². The van der Waals surface area contributed by atoms with Gasteiger partial charge in [0.25, 0.3) is 0 Å². The summed E-state index contributed by atoms with van der Waals surface area (Å²) in [5.41, 5.74) is 1.09. The molecule has 0 aliphatic rings. The van der Waals surface area contributed by atoms with E-state index in [0.29, 0.717) is 5.02 Å². The highest BCUT2D eigenvalue weighted by Crippen LogP contribution is 2.19. The maximum absolute atomic E-state index is 6.12. The van der Waals surface area contributed by atoms with Gasteiger partial charge < -0.3 is 15.0 Å². The van der Waals surface area contributed by atoms with Gasteiger partial charge in [0, 0.05) is 40.1 Å². The standard InChI is InChI=1S/C13H22ClN3O/c1-4-15-9-11-8-13(16-10-12(11)14)17(2)6-5-7-18-3/h8,10,15H,4-7,9H2,1-3H3. The van der Waals surface area contributed by atoms with Crippen molar-refractivity contribution in [3.05, 3.63) is 22.8 Å². The van der Waals surface area contributed by atoms with Gasteiger partial charge in [0.2, 0.25) is 0 Å². The molecule has 0 unspecified atom stereocenters. The first-order chi connectivity index (χ1) is 8.69. The van der Waals surface area contributed by atoms with Crippen molar-refractivity contribution >= 4 is 17.4 Å². The highest BCUT2D eigenvalue weighted by molar-refractivity contribution is 6.31. The van der Waals surface area contributed by atoms with Crippen molar-refractivity contribution in [2.24, 2.45) is 0 Å². The van der Waals surface area contributed by atoms with Crippen molar-refractivity contribution in [2.75, 3.05) is 38.8 Å². The number of nitrogens with zero attached hydrogens (tertiary/aromatic N) is 2. The Kier molecular flexibility index (Phi) is 7.01. The van der Waals surface area contributed by atoms with Crippen molar-refractivity contribution < 1.29 is 4.74 Å². The van der Waals surface area contributed by atoms with Crippen molar-refractivity contribution in [1.82, 2.24) is 10.3 Å². The Morgan fingerprint density at radius 2 is 2.28 bits per heavy atom. The Morgan fingerprint density at radius 3 is 2.94 bits per heavy atom. The number of nitrogens with one attached hydrogen (secondary N) is 1. The first kappa shape index (κ1) is 15.2. The van der Waals surface area contributed by atoms with Gasteiger partial charge in [0.1, 0.15) is 5.82 Å². The topological polar surface area (TPSA) is 37.4 Å². The Hall–Kier alpha value is -0.840. The van der Waals surface area contributed by atoms with E-state index in [2.05, 4.69) is 22.1 Å². The highest BCUT2D eigenvalue weighted by atomic mass is 35.5. The van der Waals surface area contributed by atoms with Crippen LogP contribution in [0.4, 0.5) is 5.82 Å². The molecular weight excluding hydrogens is 250 g/mol. The molecule has 0 atom stereocenters. The molecule has 0 amide bonds. The van der Waals surface area contributed by atoms with Gasteiger partial charge in [-0.1, -0.05) is 18.5 Å². The van der Waals surface area contributed by atoms with Crippen molar-refractivity contribution in [3.8, 4) is 0 Å². The van der Waals surface area contributed by atoms with Gasteiger partial charge >= 0.3 is 0 Å². The molecule has 0 bridgehead atoms. The predicted octanol–water partition coefficient (Wildman–Crippen LogP) is 2.32. The molecule has 0 aliphatic heterocycles. The molecule has 1 N–H and O–H groups in total. The predicted molar refractivity (Wildman–Crippen MR) is 76.4 cm³/mol. The summed E-state index contributed by atoms with van der Waals surface area (Å²) in [5.74, 6) is 0.948. The molecule has 5 heteroatoms. The summed E-state index contributed by atoms with van der Waals surface area (Å²) in [6.45, 7) is 5.46. The third-order valence-electron chi connectivity index (χ3n) is 2.72. The molecule has 1 aromatic heterocycles. The summed E-state index contributed by atoms with van der Waals surface area (Å²) in [5, 5.41) is 3.99. The van der Waals surface area contributed by atoms with Crippen molar-refractivity contribution in [2.45, 2.75) is 19.9 Å². The van der Waals surface area contributed by atoms with Gasteiger partial charge in [0.15, 0.2) is 0 Å². The lowest BCUT2D eigenvalue weighted by Crippen LogP contribution is -2.21. The van der Waals surface area contributed by atoms with E-state index in [4.69, 9.17) is 16.3 Å². The number of methoxy groups -OCH3 is 1. The Balaban J connectivity index is 2.64. The summed E-state index contributed by atoms with van der Waals surface area (Å²) < 4.78 is 5.05. The number of ether oxygens (including phenoxy) is 1. The molecule has 0 fully saturated rings. The Bertz CT molecular complexity index is 360. The van der Waals surface area contributed by atoms with E-state index in [9.17, 15) is 0 Å². The highest BCUT2D eigenvalue weighted by Gasteiger charge is 2.06. The van der Waals surface area contributed by atoms with Crippen LogP contribution in [0.2, 0.25) is 5.02 Å². The minimum Gasteiger partial charge on any atom is -0.385 e. The molecule has 0 saturated carbocycles. The van der Waals surface area contributed by atoms with E-state index in [1.54, 1.807) is 13.3 Å². The average Bonchev–Trinajstić information content (AvgIpc) is 2.38. The van der Waals surface area contributed by atoms with Crippen LogP contribution in [0.25, 0.3) is 0 Å². The molecule has 1 rings (SSSR count). The smallest absolute Gasteiger partial charge is 0.128 e. The lowest BCUT2D eigenvalue weighted by atomic mass is 10.2. The largest absolute Gasteiger partial charge is 0.385 e. The molecule has 1 aromatic rings. The second-order valence-electron chi connectivity index (χ2n) is 4.18. The van der Waals surface area contributed by atoms with E-state index in [-0.39, 0.29) is 0 Å². The molecule has 1 heterocycles. The van der Waals surface area contributed by atoms with Crippen LogP contribution in [0.15, 0.2) is 12.3 Å². The van der Waals surface area contributed by atoms with Crippen molar-refractivity contribution in [3.63, 3.8) is 0 Å². The maximum atomic E-state index is 6.12. The van der Waals surface area contributed by atoms with E-state index in [1.807, 2.05) is 13.1 Å². The van der Waals surface area contributed by atoms with Crippen LogP contribution in [-0.2, 0) is 11.3 Å². The summed E-state index contributed by atoms with van der Waals surface area (Å²) in [6, 6.07) is 2.04. The number of hydrogen-bond acceptors (Lipinski definition) is 4. The van der Waals surface area contributed by atoms with E-state index < -0.39 is 0 Å². The fourth-order valence-corrected chi connectivity index (χ4v) is 1.80. The molecule has 0 saturated heterocycles. The number of rotatable bonds is 8. The zero-order chi connectivity index (χ0) is 13.4. The van der Waals surface area contributed by atoms with Crippen LogP contribution in [0.3, 0.4) is 0 Å². The van der Waals surface area contributed by atoms with Crippen LogP contribution >= 0.6 is 11.6 Å². The first-order valence-electron chi connectivity index (χ1n) is 6.24. The van der Waals surface area contributed by atoms with Crippen LogP contribution in [0.1, 0.15) is 18.9 Å². The van der Waals surface area contributed by atoms with Gasteiger partial charge in [-0.25, -0.2) is 4.98 Å². The number of halogens is 1. The van der Waals surface area contributed by atoms with Crippen LogP contribution in [0, 0.1) is 0 Å². The lowest BCUT2D eigenvalue weighted by molar-refractivity contribution is 0.196. The van der Waals surface area contributed by atoms with Crippen LogP contribution in [-0.4, -0.2) is 38.8 Å². The second kappa shape index (κ2) is 8.29. The molecule has 0 spiro atoms. The quantitative estimate of drug-likeness (QED) is 0.737. The summed E-state index contributed by atoms with van der Waals surface area (Å²) >= 11 is 6.12. The van der Waals surface area contributed by atoms with Gasteiger partial charge in [0.05, 0.1) is 5.02 Å². The molecule has 0 radical (unpaired) electrons. The SMILES string of the molecule is CCNCc1cc(N(C)CCCOC)ncc1Cl. The summed E-state index contributed by atoms with van der Waals surface area (Å²) in [6.07, 6.45) is 2.70. The monoisotopic (exact) mass is 271 g/mol. The lowest BCUT2D eigenvalue weighted by Gasteiger charge is -2.19. The maximum Gasteiger partial charge on any atom is 0.128 e. The third kappa shape index (κ3) is 4.80. The average molecular weight is 272 g/mol. The van der Waals surface area contributed by atoms with Gasteiger partial charge in [-0.3, -0.25) is 0 Å². The van der Waals surface area contributed by atoms with E-state index >= 15 is 0 Å². The molecular formula is C13H22ClN3O. The van der Waals surface area contributed by atoms with Crippen LogP contribution in [0.5, 0.6) is 0 Å². The Labute approximate surface area is 114 Å². The molecule has 0 aromatic carbocycles. The van der Waals surface area contributed by atoms with Gasteiger partial charge in [-0.2, -0.15) is 0 Å².